The van der Waals surface area contributed by atoms with Gasteiger partial charge >= 0.3 is 5.97 Å². The van der Waals surface area contributed by atoms with Crippen molar-refractivity contribution in [1.82, 2.24) is 5.32 Å². The van der Waals surface area contributed by atoms with Crippen molar-refractivity contribution in [2.24, 2.45) is 5.92 Å². The fraction of sp³-hybridized carbons (Fsp3) is 0.600. The molecule has 0 spiro atoms. The van der Waals surface area contributed by atoms with Crippen molar-refractivity contribution in [2.45, 2.75) is 51.0 Å². The van der Waals surface area contributed by atoms with Gasteiger partial charge in [-0.2, -0.15) is 0 Å². The number of thiophene rings is 1. The first-order valence-corrected chi connectivity index (χ1v) is 8.12. The lowest BCUT2D eigenvalue weighted by molar-refractivity contribution is -0.142. The minimum Gasteiger partial charge on any atom is -0.481 e. The quantitative estimate of drug-likeness (QED) is 0.900. The van der Waals surface area contributed by atoms with Gasteiger partial charge in [-0.15, -0.1) is 11.3 Å². The van der Waals surface area contributed by atoms with E-state index in [0.717, 1.165) is 30.6 Å². The number of amides is 1. The van der Waals surface area contributed by atoms with Crippen LogP contribution in [0.5, 0.6) is 0 Å². The number of hydrogen-bond donors (Lipinski definition) is 2. The maximum atomic E-state index is 12.3. The SMILES string of the molecule is O=C(N[C@H]1CCC[C@H]1C(=O)O)c1cc2c(s1)CCCC2. The summed E-state index contributed by atoms with van der Waals surface area (Å²) in [7, 11) is 0. The average Bonchev–Trinajstić information content (AvgIpc) is 3.03. The van der Waals surface area contributed by atoms with Gasteiger partial charge in [0, 0.05) is 10.9 Å². The third kappa shape index (κ3) is 2.59. The molecule has 5 heteroatoms. The molecular weight excluding hydrogens is 274 g/mol. The van der Waals surface area contributed by atoms with Crippen LogP contribution in [0.15, 0.2) is 6.07 Å². The second-order valence-electron chi connectivity index (χ2n) is 5.72. The van der Waals surface area contributed by atoms with Crippen LogP contribution in [0, 0.1) is 5.92 Å². The maximum Gasteiger partial charge on any atom is 0.308 e. The summed E-state index contributed by atoms with van der Waals surface area (Å²) in [5.41, 5.74) is 1.31. The van der Waals surface area contributed by atoms with E-state index < -0.39 is 11.9 Å². The summed E-state index contributed by atoms with van der Waals surface area (Å²) < 4.78 is 0. The molecule has 2 aliphatic rings. The summed E-state index contributed by atoms with van der Waals surface area (Å²) in [5, 5.41) is 12.1. The van der Waals surface area contributed by atoms with E-state index in [9.17, 15) is 9.59 Å². The van der Waals surface area contributed by atoms with Crippen LogP contribution in [0.4, 0.5) is 0 Å². The molecule has 1 fully saturated rings. The first-order chi connectivity index (χ1) is 9.65. The van der Waals surface area contributed by atoms with Gasteiger partial charge in [-0.3, -0.25) is 9.59 Å². The first kappa shape index (κ1) is 13.6. The van der Waals surface area contributed by atoms with Gasteiger partial charge in [0.05, 0.1) is 10.8 Å². The van der Waals surface area contributed by atoms with Crippen molar-refractivity contribution in [2.75, 3.05) is 0 Å². The van der Waals surface area contributed by atoms with Gasteiger partial charge in [-0.25, -0.2) is 0 Å². The third-order valence-corrected chi connectivity index (χ3v) is 5.61. The predicted molar refractivity (Wildman–Crippen MR) is 77.2 cm³/mol. The minimum atomic E-state index is -0.793. The van der Waals surface area contributed by atoms with E-state index in [1.165, 1.54) is 23.3 Å². The fourth-order valence-electron chi connectivity index (χ4n) is 3.27. The summed E-state index contributed by atoms with van der Waals surface area (Å²) >= 11 is 1.58. The Labute approximate surface area is 122 Å². The molecule has 20 heavy (non-hydrogen) atoms. The van der Waals surface area contributed by atoms with Gasteiger partial charge in [-0.1, -0.05) is 6.42 Å². The molecule has 4 nitrogen and oxygen atoms in total. The lowest BCUT2D eigenvalue weighted by Gasteiger charge is -2.16. The number of carbonyl (C=O) groups is 2. The molecule has 2 N–H and O–H groups in total. The van der Waals surface area contributed by atoms with Crippen LogP contribution in [0.2, 0.25) is 0 Å². The molecule has 108 valence electrons. The number of aliphatic carboxylic acids is 1. The molecular formula is C15H19NO3S. The molecule has 0 aromatic carbocycles. The molecule has 1 saturated carbocycles. The predicted octanol–water partition coefficient (Wildman–Crippen LogP) is 2.61. The highest BCUT2D eigenvalue weighted by molar-refractivity contribution is 7.14. The van der Waals surface area contributed by atoms with Crippen molar-refractivity contribution >= 4 is 23.2 Å². The number of nitrogens with one attached hydrogen (secondary N) is 1. The second-order valence-corrected chi connectivity index (χ2v) is 6.86. The summed E-state index contributed by atoms with van der Waals surface area (Å²) in [6.07, 6.45) is 6.87. The Morgan fingerprint density at radius 3 is 2.75 bits per heavy atom. The highest BCUT2D eigenvalue weighted by Gasteiger charge is 2.34. The summed E-state index contributed by atoms with van der Waals surface area (Å²) in [6, 6.07) is 1.79. The first-order valence-electron chi connectivity index (χ1n) is 7.30. The smallest absolute Gasteiger partial charge is 0.308 e. The number of rotatable bonds is 3. The van der Waals surface area contributed by atoms with Crippen molar-refractivity contribution < 1.29 is 14.7 Å². The number of carboxylic acids is 1. The zero-order valence-electron chi connectivity index (χ0n) is 11.4. The highest BCUT2D eigenvalue weighted by atomic mass is 32.1. The normalized spacial score (nSPS) is 25.2. The highest BCUT2D eigenvalue weighted by Crippen LogP contribution is 2.31. The summed E-state index contributed by atoms with van der Waals surface area (Å²) in [4.78, 5) is 25.5. The van der Waals surface area contributed by atoms with E-state index in [1.54, 1.807) is 11.3 Å². The van der Waals surface area contributed by atoms with Gasteiger partial charge in [-0.05, 0) is 50.2 Å². The van der Waals surface area contributed by atoms with E-state index in [1.807, 2.05) is 6.07 Å². The molecule has 1 aromatic rings. The van der Waals surface area contributed by atoms with E-state index in [-0.39, 0.29) is 11.9 Å². The Balaban J connectivity index is 1.70. The number of carboxylic acid groups (broad SMARTS) is 1. The molecule has 1 heterocycles. The molecule has 0 aliphatic heterocycles. The monoisotopic (exact) mass is 293 g/mol. The van der Waals surface area contributed by atoms with Gasteiger partial charge in [0.1, 0.15) is 0 Å². The second kappa shape index (κ2) is 5.56. The molecule has 0 saturated heterocycles. The lowest BCUT2D eigenvalue weighted by Crippen LogP contribution is -2.39. The van der Waals surface area contributed by atoms with Crippen molar-refractivity contribution in [3.05, 3.63) is 21.4 Å². The fourth-order valence-corrected chi connectivity index (χ4v) is 4.43. The minimum absolute atomic E-state index is 0.0949. The number of carbonyl (C=O) groups excluding carboxylic acids is 1. The molecule has 2 aliphatic carbocycles. The Kier molecular flexibility index (Phi) is 3.78. The molecule has 2 atom stereocenters. The molecule has 1 amide bonds. The largest absolute Gasteiger partial charge is 0.481 e. The van der Waals surface area contributed by atoms with E-state index >= 15 is 0 Å². The van der Waals surface area contributed by atoms with Crippen molar-refractivity contribution in [3.63, 3.8) is 0 Å². The van der Waals surface area contributed by atoms with Crippen LogP contribution in [0.25, 0.3) is 0 Å². The number of fused-ring (bicyclic) bond motifs is 1. The lowest BCUT2D eigenvalue weighted by atomic mass is 9.99. The molecule has 0 radical (unpaired) electrons. The third-order valence-electron chi connectivity index (χ3n) is 4.37. The maximum absolute atomic E-state index is 12.3. The topological polar surface area (TPSA) is 66.4 Å². The zero-order valence-corrected chi connectivity index (χ0v) is 12.2. The summed E-state index contributed by atoms with van der Waals surface area (Å²) in [5.74, 6) is -1.31. The Morgan fingerprint density at radius 2 is 2.00 bits per heavy atom. The van der Waals surface area contributed by atoms with Crippen LogP contribution in [-0.2, 0) is 17.6 Å². The van der Waals surface area contributed by atoms with Gasteiger partial charge < -0.3 is 10.4 Å². The number of hydrogen-bond acceptors (Lipinski definition) is 3. The van der Waals surface area contributed by atoms with Gasteiger partial charge in [0.25, 0.3) is 5.91 Å². The molecule has 1 aromatic heterocycles. The van der Waals surface area contributed by atoms with Crippen molar-refractivity contribution in [3.8, 4) is 0 Å². The zero-order chi connectivity index (χ0) is 14.1. The number of aryl methyl sites for hydroxylation is 2. The van der Waals surface area contributed by atoms with Crippen LogP contribution >= 0.6 is 11.3 Å². The van der Waals surface area contributed by atoms with Crippen LogP contribution in [-0.4, -0.2) is 23.0 Å². The van der Waals surface area contributed by atoms with Crippen LogP contribution in [0.1, 0.15) is 52.2 Å². The average molecular weight is 293 g/mol. The van der Waals surface area contributed by atoms with Crippen LogP contribution in [0.3, 0.4) is 0 Å². The van der Waals surface area contributed by atoms with Crippen LogP contribution < -0.4 is 5.32 Å². The molecule has 0 unspecified atom stereocenters. The van der Waals surface area contributed by atoms with E-state index in [4.69, 9.17) is 5.11 Å². The Hall–Kier alpha value is -1.36. The standard InChI is InChI=1S/C15H19NO3S/c17-14(16-11-6-3-5-10(11)15(18)19)13-8-9-4-1-2-7-12(9)20-13/h8,10-11H,1-7H2,(H,16,17)(H,18,19)/t10-,11+/m1/s1. The van der Waals surface area contributed by atoms with Gasteiger partial charge in [0.15, 0.2) is 0 Å². The molecule has 3 rings (SSSR count). The van der Waals surface area contributed by atoms with Gasteiger partial charge in [0.2, 0.25) is 0 Å². The summed E-state index contributed by atoms with van der Waals surface area (Å²) in [6.45, 7) is 0. The molecule has 0 bridgehead atoms. The van der Waals surface area contributed by atoms with E-state index in [0.29, 0.717) is 6.42 Å². The Bertz CT molecular complexity index is 514. The van der Waals surface area contributed by atoms with Crippen molar-refractivity contribution in [1.29, 1.82) is 0 Å². The Morgan fingerprint density at radius 1 is 1.20 bits per heavy atom. The van der Waals surface area contributed by atoms with E-state index in [2.05, 4.69) is 5.32 Å².